The molecule has 0 radical (unpaired) electrons. The smallest absolute Gasteiger partial charge is 0.243 e. The molecule has 1 N–H and O–H groups in total. The number of aliphatic hydroxyl groups is 1. The van der Waals surface area contributed by atoms with Crippen LogP contribution in [0.25, 0.3) is 11.3 Å². The Hall–Kier alpha value is -2.12. The standard InChI is InChI=1S/C20H18ClNO4S/c1-22-17(20(23)16-7-2-3-8-19(16)27(22,24)25)12-15-9-10-18(26-15)13-5-4-6-14(21)11-13/h2-11,17,20,23H,12H2,1H3/t17-,20+/m0/s1. The highest BCUT2D eigenvalue weighted by atomic mass is 35.5. The molecule has 1 aromatic heterocycles. The first-order valence-corrected chi connectivity index (χ1v) is 10.3. The largest absolute Gasteiger partial charge is 0.461 e. The minimum atomic E-state index is -3.66. The van der Waals surface area contributed by atoms with Crippen molar-refractivity contribution in [3.05, 3.63) is 77.0 Å². The third kappa shape index (κ3) is 3.19. The van der Waals surface area contributed by atoms with Crippen molar-refractivity contribution in [2.24, 2.45) is 0 Å². The Labute approximate surface area is 162 Å². The highest BCUT2D eigenvalue weighted by Gasteiger charge is 2.41. The van der Waals surface area contributed by atoms with Gasteiger partial charge in [-0.1, -0.05) is 41.9 Å². The molecule has 0 saturated carbocycles. The molecule has 0 aliphatic carbocycles. The maximum atomic E-state index is 12.8. The summed E-state index contributed by atoms with van der Waals surface area (Å²) in [5, 5.41) is 11.4. The number of benzene rings is 2. The molecule has 140 valence electrons. The van der Waals surface area contributed by atoms with E-state index in [1.807, 2.05) is 18.2 Å². The van der Waals surface area contributed by atoms with Gasteiger partial charge in [-0.15, -0.1) is 0 Å². The molecule has 2 heterocycles. The van der Waals surface area contributed by atoms with Crippen LogP contribution in [0.5, 0.6) is 0 Å². The topological polar surface area (TPSA) is 70.8 Å². The van der Waals surface area contributed by atoms with Crippen LogP contribution in [0.3, 0.4) is 0 Å². The molecule has 3 aromatic rings. The Balaban J connectivity index is 1.65. The fourth-order valence-electron chi connectivity index (χ4n) is 3.43. The molecule has 1 aliphatic rings. The Bertz CT molecular complexity index is 1090. The van der Waals surface area contributed by atoms with Gasteiger partial charge < -0.3 is 9.52 Å². The summed E-state index contributed by atoms with van der Waals surface area (Å²) < 4.78 is 32.7. The van der Waals surface area contributed by atoms with Crippen molar-refractivity contribution in [1.29, 1.82) is 0 Å². The molecule has 0 fully saturated rings. The summed E-state index contributed by atoms with van der Waals surface area (Å²) in [5.74, 6) is 1.24. The summed E-state index contributed by atoms with van der Waals surface area (Å²) in [6, 6.07) is 16.8. The molecule has 7 heteroatoms. The van der Waals surface area contributed by atoms with Crippen molar-refractivity contribution in [3.8, 4) is 11.3 Å². The van der Waals surface area contributed by atoms with Crippen LogP contribution < -0.4 is 0 Å². The molecule has 0 unspecified atom stereocenters. The lowest BCUT2D eigenvalue weighted by Crippen LogP contribution is -2.46. The molecular formula is C20H18ClNO4S. The zero-order chi connectivity index (χ0) is 19.2. The minimum Gasteiger partial charge on any atom is -0.461 e. The molecule has 27 heavy (non-hydrogen) atoms. The zero-order valence-electron chi connectivity index (χ0n) is 14.5. The van der Waals surface area contributed by atoms with Gasteiger partial charge in [0.05, 0.1) is 17.0 Å². The van der Waals surface area contributed by atoms with Gasteiger partial charge in [-0.25, -0.2) is 8.42 Å². The monoisotopic (exact) mass is 403 g/mol. The van der Waals surface area contributed by atoms with Crippen LogP contribution >= 0.6 is 11.6 Å². The van der Waals surface area contributed by atoms with Crippen molar-refractivity contribution in [3.63, 3.8) is 0 Å². The van der Waals surface area contributed by atoms with E-state index in [0.29, 0.717) is 22.1 Å². The molecule has 2 atom stereocenters. The van der Waals surface area contributed by atoms with Crippen molar-refractivity contribution in [2.45, 2.75) is 23.5 Å². The number of furan rings is 1. The molecule has 4 rings (SSSR count). The summed E-state index contributed by atoms with van der Waals surface area (Å²) in [4.78, 5) is 0.148. The van der Waals surface area contributed by atoms with E-state index in [1.54, 1.807) is 36.4 Å². The van der Waals surface area contributed by atoms with E-state index in [0.717, 1.165) is 5.56 Å². The number of hydrogen-bond acceptors (Lipinski definition) is 4. The van der Waals surface area contributed by atoms with Crippen LogP contribution in [0.4, 0.5) is 0 Å². The van der Waals surface area contributed by atoms with E-state index in [-0.39, 0.29) is 11.3 Å². The predicted molar refractivity (Wildman–Crippen MR) is 103 cm³/mol. The average molecular weight is 404 g/mol. The second kappa shape index (κ2) is 6.80. The number of likely N-dealkylation sites (N-methyl/N-ethyl adjacent to an activating group) is 1. The van der Waals surface area contributed by atoms with E-state index in [1.165, 1.54) is 17.4 Å². The number of nitrogens with zero attached hydrogens (tertiary/aromatic N) is 1. The van der Waals surface area contributed by atoms with E-state index in [4.69, 9.17) is 16.0 Å². The molecule has 0 amide bonds. The number of halogens is 1. The van der Waals surface area contributed by atoms with Gasteiger partial charge in [0, 0.05) is 29.6 Å². The van der Waals surface area contributed by atoms with Gasteiger partial charge in [0.15, 0.2) is 0 Å². The average Bonchev–Trinajstić information content (AvgIpc) is 3.13. The maximum Gasteiger partial charge on any atom is 0.243 e. The molecule has 1 aliphatic heterocycles. The highest BCUT2D eigenvalue weighted by molar-refractivity contribution is 7.89. The lowest BCUT2D eigenvalue weighted by Gasteiger charge is -2.36. The molecule has 2 aromatic carbocycles. The lowest BCUT2D eigenvalue weighted by molar-refractivity contribution is 0.0864. The summed E-state index contributed by atoms with van der Waals surface area (Å²) in [7, 11) is -2.17. The number of aliphatic hydroxyl groups excluding tert-OH is 1. The van der Waals surface area contributed by atoms with Crippen LogP contribution in [0, 0.1) is 0 Å². The summed E-state index contributed by atoms with van der Waals surface area (Å²) in [5.41, 5.74) is 1.26. The third-order valence-corrected chi connectivity index (χ3v) is 7.10. The second-order valence-corrected chi connectivity index (χ2v) is 8.95. The highest BCUT2D eigenvalue weighted by Crippen LogP contribution is 2.37. The van der Waals surface area contributed by atoms with Gasteiger partial charge in [0.25, 0.3) is 0 Å². The minimum absolute atomic E-state index is 0.148. The van der Waals surface area contributed by atoms with E-state index in [9.17, 15) is 13.5 Å². The normalized spacial score (nSPS) is 21.7. The van der Waals surface area contributed by atoms with Crippen LogP contribution in [0.15, 0.2) is 70.0 Å². The van der Waals surface area contributed by atoms with Crippen molar-refractivity contribution in [1.82, 2.24) is 4.31 Å². The summed E-state index contributed by atoms with van der Waals surface area (Å²) in [6.45, 7) is 0. The molecule has 0 spiro atoms. The first kappa shape index (κ1) is 18.3. The first-order valence-electron chi connectivity index (χ1n) is 8.47. The Morgan fingerprint density at radius 2 is 1.89 bits per heavy atom. The SMILES string of the molecule is CN1[C@@H](Cc2ccc(-c3cccc(Cl)c3)o2)[C@H](O)c2ccccc2S1(=O)=O. The molecule has 0 saturated heterocycles. The van der Waals surface area contributed by atoms with Crippen molar-refractivity contribution < 1.29 is 17.9 Å². The maximum absolute atomic E-state index is 12.8. The van der Waals surface area contributed by atoms with Gasteiger partial charge in [0.1, 0.15) is 11.5 Å². The van der Waals surface area contributed by atoms with Crippen molar-refractivity contribution >= 4 is 21.6 Å². The molecule has 5 nitrogen and oxygen atoms in total. The number of fused-ring (bicyclic) bond motifs is 1. The van der Waals surface area contributed by atoms with Gasteiger partial charge in [-0.05, 0) is 30.3 Å². The van der Waals surface area contributed by atoms with Gasteiger partial charge in [-0.3, -0.25) is 0 Å². The Morgan fingerprint density at radius 3 is 2.67 bits per heavy atom. The van der Waals surface area contributed by atoms with E-state index in [2.05, 4.69) is 0 Å². The van der Waals surface area contributed by atoms with Gasteiger partial charge in [-0.2, -0.15) is 4.31 Å². The molecule has 0 bridgehead atoms. The number of sulfonamides is 1. The van der Waals surface area contributed by atoms with Crippen LogP contribution in [-0.2, 0) is 16.4 Å². The predicted octanol–water partition coefficient (Wildman–Crippen LogP) is 3.88. The lowest BCUT2D eigenvalue weighted by atomic mass is 9.98. The van der Waals surface area contributed by atoms with E-state index >= 15 is 0 Å². The second-order valence-electron chi connectivity index (χ2n) is 6.55. The summed E-state index contributed by atoms with van der Waals surface area (Å²) >= 11 is 6.03. The quantitative estimate of drug-likeness (QED) is 0.720. The fourth-order valence-corrected chi connectivity index (χ4v) is 5.21. The van der Waals surface area contributed by atoms with E-state index < -0.39 is 22.2 Å². The summed E-state index contributed by atoms with van der Waals surface area (Å²) in [6.07, 6.45) is -0.680. The number of hydrogen-bond donors (Lipinski definition) is 1. The third-order valence-electron chi connectivity index (χ3n) is 4.91. The first-order chi connectivity index (χ1) is 12.9. The van der Waals surface area contributed by atoms with Crippen LogP contribution in [-0.4, -0.2) is 30.9 Å². The zero-order valence-corrected chi connectivity index (χ0v) is 16.1. The van der Waals surface area contributed by atoms with Crippen LogP contribution in [0.1, 0.15) is 17.4 Å². The van der Waals surface area contributed by atoms with Crippen molar-refractivity contribution in [2.75, 3.05) is 7.05 Å². The molecular weight excluding hydrogens is 386 g/mol. The Morgan fingerprint density at radius 1 is 1.11 bits per heavy atom. The number of rotatable bonds is 3. The fraction of sp³-hybridized carbons (Fsp3) is 0.200. The van der Waals surface area contributed by atoms with Gasteiger partial charge >= 0.3 is 0 Å². The van der Waals surface area contributed by atoms with Gasteiger partial charge in [0.2, 0.25) is 10.0 Å². The van der Waals surface area contributed by atoms with Crippen LogP contribution in [0.2, 0.25) is 5.02 Å². The Kier molecular flexibility index (Phi) is 4.60.